The lowest BCUT2D eigenvalue weighted by Crippen LogP contribution is -2.37. The minimum Gasteiger partial charge on any atom is -0.493 e. The van der Waals surface area contributed by atoms with E-state index in [0.717, 1.165) is 25.7 Å². The Morgan fingerprint density at radius 2 is 1.70 bits per heavy atom. The number of carbonyl (C=O) groups is 2. The van der Waals surface area contributed by atoms with E-state index >= 15 is 0 Å². The Labute approximate surface area is 136 Å². The average Bonchev–Trinajstić information content (AvgIpc) is 3.12. The summed E-state index contributed by atoms with van der Waals surface area (Å²) in [5.41, 5.74) is 0.491. The van der Waals surface area contributed by atoms with Crippen molar-refractivity contribution >= 4 is 11.8 Å². The van der Waals surface area contributed by atoms with E-state index in [9.17, 15) is 9.59 Å². The van der Waals surface area contributed by atoms with Gasteiger partial charge in [0.05, 0.1) is 14.2 Å². The summed E-state index contributed by atoms with van der Waals surface area (Å²) in [6.07, 6.45) is 4.22. The fraction of sp³-hybridized carbons (Fsp3) is 0.529. The first-order valence-corrected chi connectivity index (χ1v) is 7.93. The van der Waals surface area contributed by atoms with E-state index in [1.807, 2.05) is 0 Å². The predicted molar refractivity (Wildman–Crippen MR) is 86.8 cm³/mol. The largest absolute Gasteiger partial charge is 0.493 e. The van der Waals surface area contributed by atoms with Crippen LogP contribution in [0.25, 0.3) is 0 Å². The molecular weight excluding hydrogens is 296 g/mol. The molecule has 2 amide bonds. The van der Waals surface area contributed by atoms with E-state index < -0.39 is 0 Å². The van der Waals surface area contributed by atoms with Crippen LogP contribution >= 0.6 is 0 Å². The van der Waals surface area contributed by atoms with Crippen molar-refractivity contribution in [1.29, 1.82) is 0 Å². The van der Waals surface area contributed by atoms with Crippen LogP contribution in [0.15, 0.2) is 18.2 Å². The Kier molecular flexibility index (Phi) is 6.26. The van der Waals surface area contributed by atoms with Crippen LogP contribution in [0.5, 0.6) is 11.5 Å². The zero-order chi connectivity index (χ0) is 16.7. The molecule has 0 heterocycles. The van der Waals surface area contributed by atoms with Gasteiger partial charge in [0.1, 0.15) is 0 Å². The van der Waals surface area contributed by atoms with Crippen molar-refractivity contribution in [3.63, 3.8) is 0 Å². The maximum absolute atomic E-state index is 12.1. The van der Waals surface area contributed by atoms with Gasteiger partial charge in [-0.2, -0.15) is 0 Å². The molecule has 0 aliphatic heterocycles. The highest BCUT2D eigenvalue weighted by Crippen LogP contribution is 2.27. The van der Waals surface area contributed by atoms with Gasteiger partial charge in [0.2, 0.25) is 5.91 Å². The number of ether oxygens (including phenoxy) is 2. The molecule has 1 fully saturated rings. The summed E-state index contributed by atoms with van der Waals surface area (Å²) in [7, 11) is 3.07. The summed E-state index contributed by atoms with van der Waals surface area (Å²) in [6, 6.07) is 4.99. The summed E-state index contributed by atoms with van der Waals surface area (Å²) < 4.78 is 10.3. The number of benzene rings is 1. The minimum absolute atomic E-state index is 0.0999. The third-order valence-corrected chi connectivity index (χ3v) is 4.08. The van der Waals surface area contributed by atoms with Crippen molar-refractivity contribution in [3.8, 4) is 11.5 Å². The molecule has 0 atom stereocenters. The van der Waals surface area contributed by atoms with E-state index in [1.54, 1.807) is 25.3 Å². The topological polar surface area (TPSA) is 76.7 Å². The lowest BCUT2D eigenvalue weighted by atomic mass is 10.1. The van der Waals surface area contributed by atoms with Gasteiger partial charge in [0.25, 0.3) is 5.91 Å². The van der Waals surface area contributed by atoms with Crippen LogP contribution in [-0.2, 0) is 4.79 Å². The van der Waals surface area contributed by atoms with Crippen LogP contribution in [0.1, 0.15) is 36.0 Å². The van der Waals surface area contributed by atoms with E-state index in [2.05, 4.69) is 10.6 Å². The molecule has 1 aromatic carbocycles. The summed E-state index contributed by atoms with van der Waals surface area (Å²) in [4.78, 5) is 24.0. The number of hydrogen-bond acceptors (Lipinski definition) is 4. The molecule has 0 radical (unpaired) electrons. The first kappa shape index (κ1) is 17.1. The molecule has 0 unspecified atom stereocenters. The first-order chi connectivity index (χ1) is 11.2. The van der Waals surface area contributed by atoms with Gasteiger partial charge in [0, 0.05) is 24.6 Å². The second-order valence-corrected chi connectivity index (χ2v) is 5.60. The van der Waals surface area contributed by atoms with Gasteiger partial charge in [-0.25, -0.2) is 0 Å². The summed E-state index contributed by atoms with van der Waals surface area (Å²) in [6.45, 7) is 0.833. The molecule has 0 aromatic heterocycles. The van der Waals surface area contributed by atoms with Gasteiger partial charge in [-0.15, -0.1) is 0 Å². The van der Waals surface area contributed by atoms with Gasteiger partial charge in [0.15, 0.2) is 11.5 Å². The number of nitrogens with one attached hydrogen (secondary N) is 2. The monoisotopic (exact) mass is 320 g/mol. The first-order valence-electron chi connectivity index (χ1n) is 7.93. The minimum atomic E-state index is -0.207. The molecule has 6 nitrogen and oxygen atoms in total. The maximum Gasteiger partial charge on any atom is 0.251 e. The van der Waals surface area contributed by atoms with E-state index in [1.165, 1.54) is 7.11 Å². The standard InChI is InChI=1S/C17H24N2O4/c1-22-14-8-7-13(11-15(14)23-2)17(21)19-10-9-18-16(20)12-5-3-4-6-12/h7-8,11-12H,3-6,9-10H2,1-2H3,(H,18,20)(H,19,21). The molecule has 1 aromatic rings. The van der Waals surface area contributed by atoms with E-state index in [-0.39, 0.29) is 17.7 Å². The molecule has 126 valence electrons. The SMILES string of the molecule is COc1ccc(C(=O)NCCNC(=O)C2CCCC2)cc1OC. The maximum atomic E-state index is 12.1. The van der Waals surface area contributed by atoms with Crippen molar-refractivity contribution in [2.24, 2.45) is 5.92 Å². The molecule has 0 saturated heterocycles. The molecule has 1 aliphatic carbocycles. The van der Waals surface area contributed by atoms with Crippen LogP contribution < -0.4 is 20.1 Å². The van der Waals surface area contributed by atoms with Gasteiger partial charge < -0.3 is 20.1 Å². The highest BCUT2D eigenvalue weighted by molar-refractivity contribution is 5.94. The summed E-state index contributed by atoms with van der Waals surface area (Å²) in [5.74, 6) is 1.13. The lowest BCUT2D eigenvalue weighted by molar-refractivity contribution is -0.124. The predicted octanol–water partition coefficient (Wildman–Crippen LogP) is 1.74. The number of amides is 2. The van der Waals surface area contributed by atoms with E-state index in [0.29, 0.717) is 30.2 Å². The second kappa shape index (κ2) is 8.41. The van der Waals surface area contributed by atoms with Crippen molar-refractivity contribution in [2.75, 3.05) is 27.3 Å². The van der Waals surface area contributed by atoms with Crippen LogP contribution in [0.4, 0.5) is 0 Å². The van der Waals surface area contributed by atoms with Gasteiger partial charge in [-0.1, -0.05) is 12.8 Å². The fourth-order valence-electron chi connectivity index (χ4n) is 2.77. The molecular formula is C17H24N2O4. The van der Waals surface area contributed by atoms with Crippen LogP contribution in [0.3, 0.4) is 0 Å². The zero-order valence-corrected chi connectivity index (χ0v) is 13.7. The van der Waals surface area contributed by atoms with Gasteiger partial charge >= 0.3 is 0 Å². The molecule has 0 spiro atoms. The van der Waals surface area contributed by atoms with Crippen LogP contribution in [-0.4, -0.2) is 39.1 Å². The molecule has 2 rings (SSSR count). The van der Waals surface area contributed by atoms with Crippen LogP contribution in [0, 0.1) is 5.92 Å². The quantitative estimate of drug-likeness (QED) is 0.750. The van der Waals surface area contributed by atoms with Crippen LogP contribution in [0.2, 0.25) is 0 Å². The summed E-state index contributed by atoms with van der Waals surface area (Å²) in [5, 5.41) is 5.66. The third-order valence-electron chi connectivity index (χ3n) is 4.08. The number of carbonyl (C=O) groups excluding carboxylic acids is 2. The number of methoxy groups -OCH3 is 2. The molecule has 6 heteroatoms. The molecule has 1 saturated carbocycles. The fourth-order valence-corrected chi connectivity index (χ4v) is 2.77. The molecule has 23 heavy (non-hydrogen) atoms. The van der Waals surface area contributed by atoms with Crippen molar-refractivity contribution in [3.05, 3.63) is 23.8 Å². The Morgan fingerprint density at radius 1 is 1.04 bits per heavy atom. The van der Waals surface area contributed by atoms with Crippen molar-refractivity contribution in [2.45, 2.75) is 25.7 Å². The highest BCUT2D eigenvalue weighted by Gasteiger charge is 2.21. The van der Waals surface area contributed by atoms with Crippen molar-refractivity contribution in [1.82, 2.24) is 10.6 Å². The Morgan fingerprint density at radius 3 is 2.35 bits per heavy atom. The van der Waals surface area contributed by atoms with Crippen molar-refractivity contribution < 1.29 is 19.1 Å². The highest BCUT2D eigenvalue weighted by atomic mass is 16.5. The Bertz CT molecular complexity index is 554. The van der Waals surface area contributed by atoms with E-state index in [4.69, 9.17) is 9.47 Å². The smallest absolute Gasteiger partial charge is 0.251 e. The summed E-state index contributed by atoms with van der Waals surface area (Å²) >= 11 is 0. The number of rotatable bonds is 7. The van der Waals surface area contributed by atoms with Gasteiger partial charge in [-0.05, 0) is 31.0 Å². The number of hydrogen-bond donors (Lipinski definition) is 2. The zero-order valence-electron chi connectivity index (χ0n) is 13.7. The average molecular weight is 320 g/mol. The normalized spacial score (nSPS) is 14.3. The lowest BCUT2D eigenvalue weighted by Gasteiger charge is -2.12. The Hall–Kier alpha value is -2.24. The molecule has 0 bridgehead atoms. The molecule has 2 N–H and O–H groups in total. The molecule has 1 aliphatic rings. The Balaban J connectivity index is 1.77. The third kappa shape index (κ3) is 4.61. The second-order valence-electron chi connectivity index (χ2n) is 5.60. The van der Waals surface area contributed by atoms with Gasteiger partial charge in [-0.3, -0.25) is 9.59 Å².